The SMILES string of the molecule is COc1ccc(Nc2nc(Nc3ccc4c(c3)CCC(O)N4)ncc2Br)cn1. The number of aromatic nitrogens is 3. The summed E-state index contributed by atoms with van der Waals surface area (Å²) in [6.07, 6.45) is 4.38. The number of halogens is 1. The number of anilines is 5. The number of nitrogens with zero attached hydrogens (tertiary/aromatic N) is 3. The van der Waals surface area contributed by atoms with Gasteiger partial charge >= 0.3 is 0 Å². The Bertz CT molecular complexity index is 983. The molecule has 8 nitrogen and oxygen atoms in total. The zero-order chi connectivity index (χ0) is 19.5. The lowest BCUT2D eigenvalue weighted by atomic mass is 10.0. The Morgan fingerprint density at radius 1 is 1.14 bits per heavy atom. The van der Waals surface area contributed by atoms with Crippen molar-refractivity contribution in [1.82, 2.24) is 15.0 Å². The molecule has 1 aromatic carbocycles. The van der Waals surface area contributed by atoms with E-state index in [9.17, 15) is 5.11 Å². The molecule has 0 radical (unpaired) electrons. The molecule has 1 aliphatic rings. The standard InChI is InChI=1S/C19H19BrN6O2/c1-28-17-7-4-13(9-21-17)23-18-14(20)10-22-19(26-18)24-12-3-5-15-11(8-12)2-6-16(27)25-15/h3-5,7-10,16,25,27H,2,6H2,1H3,(H2,22,23,24,26). The fourth-order valence-electron chi connectivity index (χ4n) is 2.92. The predicted molar refractivity (Wildman–Crippen MR) is 111 cm³/mol. The summed E-state index contributed by atoms with van der Waals surface area (Å²) in [5.74, 6) is 1.63. The maximum absolute atomic E-state index is 9.70. The van der Waals surface area contributed by atoms with Crippen molar-refractivity contribution in [3.8, 4) is 5.88 Å². The van der Waals surface area contributed by atoms with Gasteiger partial charge in [0.15, 0.2) is 0 Å². The van der Waals surface area contributed by atoms with Crippen LogP contribution in [0.3, 0.4) is 0 Å². The molecule has 4 N–H and O–H groups in total. The van der Waals surface area contributed by atoms with Gasteiger partial charge in [-0.2, -0.15) is 4.98 Å². The average molecular weight is 443 g/mol. The normalized spacial score (nSPS) is 15.3. The first-order valence-electron chi connectivity index (χ1n) is 8.75. The fraction of sp³-hybridized carbons (Fsp3) is 0.211. The Morgan fingerprint density at radius 3 is 2.79 bits per heavy atom. The van der Waals surface area contributed by atoms with Crippen LogP contribution in [0.15, 0.2) is 47.2 Å². The highest BCUT2D eigenvalue weighted by atomic mass is 79.9. The molecule has 1 aliphatic heterocycles. The molecule has 0 saturated carbocycles. The van der Waals surface area contributed by atoms with Gasteiger partial charge in [0.2, 0.25) is 11.8 Å². The largest absolute Gasteiger partial charge is 0.481 e. The molecule has 28 heavy (non-hydrogen) atoms. The van der Waals surface area contributed by atoms with Gasteiger partial charge in [0.05, 0.1) is 23.5 Å². The Kier molecular flexibility index (Phi) is 5.27. The van der Waals surface area contributed by atoms with E-state index in [2.05, 4.69) is 46.8 Å². The number of methoxy groups -OCH3 is 1. The smallest absolute Gasteiger partial charge is 0.229 e. The van der Waals surface area contributed by atoms with Crippen molar-refractivity contribution in [3.63, 3.8) is 0 Å². The van der Waals surface area contributed by atoms with Crippen LogP contribution < -0.4 is 20.7 Å². The minimum Gasteiger partial charge on any atom is -0.481 e. The monoisotopic (exact) mass is 442 g/mol. The number of aryl methyl sites for hydroxylation is 1. The summed E-state index contributed by atoms with van der Waals surface area (Å²) in [7, 11) is 1.58. The van der Waals surface area contributed by atoms with Crippen LogP contribution in [-0.4, -0.2) is 33.4 Å². The van der Waals surface area contributed by atoms with Gasteiger partial charge in [-0.05, 0) is 58.6 Å². The number of pyridine rings is 1. The van der Waals surface area contributed by atoms with Crippen molar-refractivity contribution < 1.29 is 9.84 Å². The van der Waals surface area contributed by atoms with Crippen LogP contribution in [0.5, 0.6) is 5.88 Å². The maximum Gasteiger partial charge on any atom is 0.229 e. The summed E-state index contributed by atoms with van der Waals surface area (Å²) in [6.45, 7) is 0. The molecule has 0 bridgehead atoms. The van der Waals surface area contributed by atoms with Crippen LogP contribution in [0.1, 0.15) is 12.0 Å². The summed E-state index contributed by atoms with van der Waals surface area (Å²) < 4.78 is 5.81. The third-order valence-electron chi connectivity index (χ3n) is 4.32. The Morgan fingerprint density at radius 2 is 2.00 bits per heavy atom. The van der Waals surface area contributed by atoms with Gasteiger partial charge in [-0.3, -0.25) is 0 Å². The molecule has 0 fully saturated rings. The average Bonchev–Trinajstić information content (AvgIpc) is 2.71. The molecule has 1 unspecified atom stereocenters. The van der Waals surface area contributed by atoms with Crippen LogP contribution >= 0.6 is 15.9 Å². The molecular formula is C19H19BrN6O2. The molecule has 0 spiro atoms. The summed E-state index contributed by atoms with van der Waals surface area (Å²) in [6, 6.07) is 9.55. The van der Waals surface area contributed by atoms with Gasteiger partial charge in [-0.1, -0.05) is 0 Å². The van der Waals surface area contributed by atoms with E-state index in [1.807, 2.05) is 24.3 Å². The topological polar surface area (TPSA) is 104 Å². The molecule has 0 amide bonds. The molecule has 2 aromatic heterocycles. The van der Waals surface area contributed by atoms with Gasteiger partial charge in [0, 0.05) is 23.6 Å². The number of rotatable bonds is 5. The second-order valence-corrected chi connectivity index (χ2v) is 7.15. The van der Waals surface area contributed by atoms with Crippen LogP contribution in [0, 0.1) is 0 Å². The number of aliphatic hydroxyl groups excluding tert-OH is 1. The molecule has 0 aliphatic carbocycles. The van der Waals surface area contributed by atoms with E-state index in [4.69, 9.17) is 4.74 Å². The van der Waals surface area contributed by atoms with Crippen molar-refractivity contribution >= 4 is 44.8 Å². The van der Waals surface area contributed by atoms with E-state index in [1.165, 1.54) is 0 Å². The highest BCUT2D eigenvalue weighted by molar-refractivity contribution is 9.10. The quantitative estimate of drug-likeness (QED) is 0.472. The van der Waals surface area contributed by atoms with E-state index in [-0.39, 0.29) is 0 Å². The third-order valence-corrected chi connectivity index (χ3v) is 4.90. The lowest BCUT2D eigenvalue weighted by molar-refractivity contribution is 0.189. The number of benzene rings is 1. The maximum atomic E-state index is 9.70. The zero-order valence-corrected chi connectivity index (χ0v) is 16.7. The van der Waals surface area contributed by atoms with Crippen LogP contribution in [0.4, 0.5) is 28.8 Å². The van der Waals surface area contributed by atoms with Gasteiger partial charge in [-0.25, -0.2) is 9.97 Å². The lowest BCUT2D eigenvalue weighted by Gasteiger charge is -2.23. The highest BCUT2D eigenvalue weighted by Gasteiger charge is 2.15. The number of ether oxygens (including phenoxy) is 1. The Balaban J connectivity index is 1.52. The minimum absolute atomic E-state index is 0.468. The molecular weight excluding hydrogens is 424 g/mol. The van der Waals surface area contributed by atoms with Crippen molar-refractivity contribution in [3.05, 3.63) is 52.8 Å². The van der Waals surface area contributed by atoms with Gasteiger partial charge < -0.3 is 25.8 Å². The van der Waals surface area contributed by atoms with Crippen molar-refractivity contribution in [2.75, 3.05) is 23.1 Å². The molecule has 9 heteroatoms. The van der Waals surface area contributed by atoms with E-state index in [0.717, 1.165) is 33.5 Å². The predicted octanol–water partition coefficient (Wildman–Crippen LogP) is 3.81. The molecule has 1 atom stereocenters. The molecule has 3 aromatic rings. The van der Waals surface area contributed by atoms with Crippen molar-refractivity contribution in [2.24, 2.45) is 0 Å². The summed E-state index contributed by atoms with van der Waals surface area (Å²) >= 11 is 3.46. The summed E-state index contributed by atoms with van der Waals surface area (Å²) in [4.78, 5) is 13.0. The Hall–Kier alpha value is -2.91. The second-order valence-electron chi connectivity index (χ2n) is 6.30. The van der Waals surface area contributed by atoms with Gasteiger partial charge in [-0.15, -0.1) is 0 Å². The first kappa shape index (κ1) is 18.5. The highest BCUT2D eigenvalue weighted by Crippen LogP contribution is 2.29. The summed E-state index contributed by atoms with van der Waals surface area (Å²) in [5.41, 5.74) is 3.77. The van der Waals surface area contributed by atoms with Crippen molar-refractivity contribution in [2.45, 2.75) is 19.1 Å². The first-order chi connectivity index (χ1) is 13.6. The van der Waals surface area contributed by atoms with E-state index in [1.54, 1.807) is 25.6 Å². The van der Waals surface area contributed by atoms with Gasteiger partial charge in [0.25, 0.3) is 0 Å². The van der Waals surface area contributed by atoms with E-state index in [0.29, 0.717) is 24.1 Å². The number of hydrogen-bond acceptors (Lipinski definition) is 8. The second kappa shape index (κ2) is 7.99. The Labute approximate surface area is 170 Å². The van der Waals surface area contributed by atoms with E-state index >= 15 is 0 Å². The van der Waals surface area contributed by atoms with E-state index < -0.39 is 6.23 Å². The molecule has 4 rings (SSSR count). The molecule has 3 heterocycles. The molecule has 0 saturated heterocycles. The number of fused-ring (bicyclic) bond motifs is 1. The fourth-order valence-corrected chi connectivity index (χ4v) is 3.21. The number of nitrogens with one attached hydrogen (secondary N) is 3. The van der Waals surface area contributed by atoms with Crippen LogP contribution in [-0.2, 0) is 6.42 Å². The number of hydrogen-bond donors (Lipinski definition) is 4. The van der Waals surface area contributed by atoms with Gasteiger partial charge in [0.1, 0.15) is 12.0 Å². The first-order valence-corrected chi connectivity index (χ1v) is 9.54. The zero-order valence-electron chi connectivity index (χ0n) is 15.1. The van der Waals surface area contributed by atoms with Crippen molar-refractivity contribution in [1.29, 1.82) is 0 Å². The number of aliphatic hydroxyl groups is 1. The van der Waals surface area contributed by atoms with Crippen LogP contribution in [0.25, 0.3) is 0 Å². The molecule has 144 valence electrons. The van der Waals surface area contributed by atoms with Crippen LogP contribution in [0.2, 0.25) is 0 Å². The third kappa shape index (κ3) is 4.15. The summed E-state index contributed by atoms with van der Waals surface area (Å²) in [5, 5.41) is 19.2. The minimum atomic E-state index is -0.484. The lowest BCUT2D eigenvalue weighted by Crippen LogP contribution is -2.24.